The first-order chi connectivity index (χ1) is 8.13. The zero-order valence-electron chi connectivity index (χ0n) is 9.22. The van der Waals surface area contributed by atoms with Crippen LogP contribution in [0.15, 0.2) is 18.3 Å². The third-order valence-corrected chi connectivity index (χ3v) is 2.95. The van der Waals surface area contributed by atoms with Gasteiger partial charge in [0.15, 0.2) is 5.82 Å². The summed E-state index contributed by atoms with van der Waals surface area (Å²) in [6.45, 7) is 0.266. The Hall–Kier alpha value is -1.62. The Labute approximate surface area is 103 Å². The molecule has 2 heterocycles. The number of carbonyl (C=O) groups excluding carboxylic acids is 2. The highest BCUT2D eigenvalue weighted by Crippen LogP contribution is 2.29. The lowest BCUT2D eigenvalue weighted by atomic mass is 10.1. The number of ether oxygens (including phenoxy) is 1. The number of esters is 1. The van der Waals surface area contributed by atoms with Crippen molar-refractivity contribution in [2.75, 3.05) is 18.6 Å². The molecule has 1 aromatic heterocycles. The second kappa shape index (κ2) is 4.71. The third kappa shape index (κ3) is 2.24. The normalized spacial score (nSPS) is 19.5. The van der Waals surface area contributed by atoms with Crippen molar-refractivity contribution < 1.29 is 14.3 Å². The number of hydrogen-bond acceptors (Lipinski definition) is 4. The molecule has 1 fully saturated rings. The lowest BCUT2D eigenvalue weighted by Crippen LogP contribution is -2.27. The Kier molecular flexibility index (Phi) is 3.28. The van der Waals surface area contributed by atoms with E-state index >= 15 is 0 Å². The lowest BCUT2D eigenvalue weighted by molar-refractivity contribution is -0.145. The highest BCUT2D eigenvalue weighted by Gasteiger charge is 2.37. The molecule has 1 unspecified atom stereocenters. The summed E-state index contributed by atoms with van der Waals surface area (Å²) in [6, 6.07) is 3.34. The Morgan fingerprint density at radius 3 is 3.06 bits per heavy atom. The monoisotopic (exact) mass is 254 g/mol. The van der Waals surface area contributed by atoms with Crippen LogP contribution in [-0.4, -0.2) is 30.5 Å². The van der Waals surface area contributed by atoms with E-state index in [0.717, 1.165) is 0 Å². The van der Waals surface area contributed by atoms with Crippen LogP contribution in [0, 0.1) is 5.92 Å². The van der Waals surface area contributed by atoms with E-state index < -0.39 is 5.92 Å². The molecule has 1 atom stereocenters. The number of aromatic nitrogens is 1. The number of carbonyl (C=O) groups is 2. The van der Waals surface area contributed by atoms with E-state index in [1.807, 2.05) is 0 Å². The molecular weight excluding hydrogens is 244 g/mol. The number of amides is 1. The van der Waals surface area contributed by atoms with E-state index in [4.69, 9.17) is 11.6 Å². The summed E-state index contributed by atoms with van der Waals surface area (Å²) in [5, 5.41) is 0.395. The molecule has 90 valence electrons. The second-order valence-electron chi connectivity index (χ2n) is 3.74. The van der Waals surface area contributed by atoms with Crippen molar-refractivity contribution >= 4 is 29.3 Å². The van der Waals surface area contributed by atoms with Crippen LogP contribution in [0.3, 0.4) is 0 Å². The number of methoxy groups -OCH3 is 1. The second-order valence-corrected chi connectivity index (χ2v) is 4.14. The average molecular weight is 255 g/mol. The summed E-state index contributed by atoms with van der Waals surface area (Å²) in [5.41, 5.74) is 0. The summed E-state index contributed by atoms with van der Waals surface area (Å²) >= 11 is 5.96. The number of hydrogen-bond donors (Lipinski definition) is 0. The molecular formula is C11H11ClN2O3. The van der Waals surface area contributed by atoms with Crippen molar-refractivity contribution in [3.63, 3.8) is 0 Å². The molecule has 0 bridgehead atoms. The quantitative estimate of drug-likeness (QED) is 0.746. The molecule has 1 amide bonds. The minimum atomic E-state index is -0.439. The molecule has 17 heavy (non-hydrogen) atoms. The first kappa shape index (κ1) is 11.9. The van der Waals surface area contributed by atoms with E-state index in [-0.39, 0.29) is 24.8 Å². The topological polar surface area (TPSA) is 59.5 Å². The number of halogens is 1. The van der Waals surface area contributed by atoms with Gasteiger partial charge in [0.25, 0.3) is 0 Å². The molecule has 1 saturated heterocycles. The molecule has 0 aromatic carbocycles. The van der Waals surface area contributed by atoms with Crippen LogP contribution >= 0.6 is 11.6 Å². The fourth-order valence-corrected chi connectivity index (χ4v) is 2.04. The van der Waals surface area contributed by atoms with Gasteiger partial charge in [-0.05, 0) is 12.1 Å². The van der Waals surface area contributed by atoms with Crippen molar-refractivity contribution in [2.45, 2.75) is 6.42 Å². The predicted molar refractivity (Wildman–Crippen MR) is 61.7 cm³/mol. The van der Waals surface area contributed by atoms with E-state index in [1.54, 1.807) is 18.3 Å². The van der Waals surface area contributed by atoms with Crippen LogP contribution in [0.25, 0.3) is 0 Å². The van der Waals surface area contributed by atoms with Gasteiger partial charge in [-0.25, -0.2) is 4.98 Å². The van der Waals surface area contributed by atoms with Crippen molar-refractivity contribution in [3.8, 4) is 0 Å². The Balaban J connectivity index is 2.22. The minimum Gasteiger partial charge on any atom is -0.469 e. The number of pyridine rings is 1. The SMILES string of the molecule is COC(=O)C1CC(=O)N(c2ncccc2Cl)C1. The van der Waals surface area contributed by atoms with Crippen molar-refractivity contribution in [1.29, 1.82) is 0 Å². The largest absolute Gasteiger partial charge is 0.469 e. The molecule has 1 aliphatic rings. The first-order valence-corrected chi connectivity index (χ1v) is 5.50. The van der Waals surface area contributed by atoms with Gasteiger partial charge in [-0.2, -0.15) is 0 Å². The number of nitrogens with zero attached hydrogens (tertiary/aromatic N) is 2. The van der Waals surface area contributed by atoms with Crippen LogP contribution in [0.4, 0.5) is 5.82 Å². The maximum Gasteiger partial charge on any atom is 0.311 e. The molecule has 5 nitrogen and oxygen atoms in total. The number of anilines is 1. The summed E-state index contributed by atoms with van der Waals surface area (Å²) < 4.78 is 4.63. The molecule has 6 heteroatoms. The smallest absolute Gasteiger partial charge is 0.311 e. The molecule has 0 saturated carbocycles. The van der Waals surface area contributed by atoms with Gasteiger partial charge in [-0.1, -0.05) is 11.6 Å². The van der Waals surface area contributed by atoms with Gasteiger partial charge < -0.3 is 4.74 Å². The van der Waals surface area contributed by atoms with Crippen molar-refractivity contribution in [3.05, 3.63) is 23.4 Å². The third-order valence-electron chi connectivity index (χ3n) is 2.65. The van der Waals surface area contributed by atoms with Gasteiger partial charge in [-0.3, -0.25) is 14.5 Å². The van der Waals surface area contributed by atoms with E-state index in [9.17, 15) is 9.59 Å². The first-order valence-electron chi connectivity index (χ1n) is 5.12. The van der Waals surface area contributed by atoms with Gasteiger partial charge in [-0.15, -0.1) is 0 Å². The number of rotatable bonds is 2. The maximum atomic E-state index is 11.8. The standard InChI is InChI=1S/C11H11ClN2O3/c1-17-11(16)7-5-9(15)14(6-7)10-8(12)3-2-4-13-10/h2-4,7H,5-6H2,1H3. The zero-order valence-corrected chi connectivity index (χ0v) is 9.98. The molecule has 0 spiro atoms. The predicted octanol–water partition coefficient (Wildman–Crippen LogP) is 1.26. The average Bonchev–Trinajstić information content (AvgIpc) is 2.71. The molecule has 2 rings (SSSR count). The van der Waals surface area contributed by atoms with Crippen LogP contribution in [-0.2, 0) is 14.3 Å². The fraction of sp³-hybridized carbons (Fsp3) is 0.364. The van der Waals surface area contributed by atoms with Crippen LogP contribution in [0.2, 0.25) is 5.02 Å². The van der Waals surface area contributed by atoms with Crippen LogP contribution < -0.4 is 4.90 Å². The fourth-order valence-electron chi connectivity index (χ4n) is 1.81. The molecule has 1 aromatic rings. The Morgan fingerprint density at radius 1 is 1.65 bits per heavy atom. The lowest BCUT2D eigenvalue weighted by Gasteiger charge is -2.16. The van der Waals surface area contributed by atoms with E-state index in [2.05, 4.69) is 9.72 Å². The summed E-state index contributed by atoms with van der Waals surface area (Å²) in [4.78, 5) is 28.6. The molecule has 0 radical (unpaired) electrons. The zero-order chi connectivity index (χ0) is 12.4. The summed E-state index contributed by atoms with van der Waals surface area (Å²) in [6.07, 6.45) is 1.69. The highest BCUT2D eigenvalue weighted by molar-refractivity contribution is 6.33. The molecule has 0 N–H and O–H groups in total. The van der Waals surface area contributed by atoms with E-state index in [0.29, 0.717) is 10.8 Å². The molecule has 1 aliphatic heterocycles. The van der Waals surface area contributed by atoms with Gasteiger partial charge in [0.05, 0.1) is 18.1 Å². The van der Waals surface area contributed by atoms with E-state index in [1.165, 1.54) is 12.0 Å². The van der Waals surface area contributed by atoms with Gasteiger partial charge >= 0.3 is 5.97 Å². The van der Waals surface area contributed by atoms with Crippen molar-refractivity contribution in [1.82, 2.24) is 4.98 Å². The van der Waals surface area contributed by atoms with Crippen molar-refractivity contribution in [2.24, 2.45) is 5.92 Å². The van der Waals surface area contributed by atoms with Crippen LogP contribution in [0.5, 0.6) is 0 Å². The summed E-state index contributed by atoms with van der Waals surface area (Å²) in [7, 11) is 1.31. The summed E-state index contributed by atoms with van der Waals surface area (Å²) in [5.74, 6) is -0.593. The minimum absolute atomic E-state index is 0.138. The van der Waals surface area contributed by atoms with Gasteiger partial charge in [0.1, 0.15) is 0 Å². The Bertz CT molecular complexity index is 464. The van der Waals surface area contributed by atoms with Gasteiger partial charge in [0.2, 0.25) is 5.91 Å². The maximum absolute atomic E-state index is 11.8. The van der Waals surface area contributed by atoms with Gasteiger partial charge in [0, 0.05) is 19.2 Å². The highest BCUT2D eigenvalue weighted by atomic mass is 35.5. The Morgan fingerprint density at radius 2 is 2.41 bits per heavy atom. The van der Waals surface area contributed by atoms with Crippen LogP contribution in [0.1, 0.15) is 6.42 Å². The molecule has 0 aliphatic carbocycles.